The van der Waals surface area contributed by atoms with Gasteiger partial charge in [0, 0.05) is 24.0 Å². The summed E-state index contributed by atoms with van der Waals surface area (Å²) in [7, 11) is 0. The van der Waals surface area contributed by atoms with Crippen LogP contribution in [0.2, 0.25) is 0 Å². The first-order chi connectivity index (χ1) is 12.9. The van der Waals surface area contributed by atoms with Crippen molar-refractivity contribution in [3.05, 3.63) is 53.3 Å². The van der Waals surface area contributed by atoms with Crippen molar-refractivity contribution in [1.82, 2.24) is 10.3 Å². The Morgan fingerprint density at radius 3 is 2.59 bits per heavy atom. The molecule has 1 aliphatic carbocycles. The van der Waals surface area contributed by atoms with Gasteiger partial charge in [-0.1, -0.05) is 12.1 Å². The van der Waals surface area contributed by atoms with Gasteiger partial charge in [0.15, 0.2) is 6.61 Å². The minimum atomic E-state index is -4.72. The Balaban J connectivity index is 1.48. The fourth-order valence-corrected chi connectivity index (χ4v) is 2.93. The molecule has 1 amide bonds. The van der Waals surface area contributed by atoms with Crippen LogP contribution in [0.15, 0.2) is 36.5 Å². The molecule has 144 valence electrons. The van der Waals surface area contributed by atoms with Crippen molar-refractivity contribution in [1.29, 1.82) is 0 Å². The van der Waals surface area contributed by atoms with Gasteiger partial charge in [-0.25, -0.2) is 0 Å². The monoisotopic (exact) mass is 380 g/mol. The number of amides is 1. The van der Waals surface area contributed by atoms with Crippen molar-refractivity contribution in [2.75, 3.05) is 6.61 Å². The lowest BCUT2D eigenvalue weighted by molar-refractivity contribution is -0.274. The largest absolute Gasteiger partial charge is 0.573 e. The molecule has 2 aromatic rings. The molecule has 1 N–H and O–H groups in total. The molecule has 0 bridgehead atoms. The van der Waals surface area contributed by atoms with Crippen LogP contribution >= 0.6 is 0 Å². The molecule has 1 aliphatic rings. The summed E-state index contributed by atoms with van der Waals surface area (Å²) >= 11 is 0. The van der Waals surface area contributed by atoms with Crippen LogP contribution in [0.25, 0.3) is 0 Å². The van der Waals surface area contributed by atoms with Crippen molar-refractivity contribution >= 4 is 5.91 Å². The van der Waals surface area contributed by atoms with E-state index in [0.717, 1.165) is 36.9 Å². The van der Waals surface area contributed by atoms with Gasteiger partial charge in [0.05, 0.1) is 0 Å². The zero-order valence-electron chi connectivity index (χ0n) is 14.5. The van der Waals surface area contributed by atoms with Crippen LogP contribution < -0.4 is 14.8 Å². The molecule has 5 nitrogen and oxygen atoms in total. The Morgan fingerprint density at radius 2 is 1.85 bits per heavy atom. The minimum Gasteiger partial charge on any atom is -0.483 e. The third-order valence-corrected chi connectivity index (χ3v) is 4.20. The number of hydrogen-bond donors (Lipinski definition) is 1. The topological polar surface area (TPSA) is 60.5 Å². The SMILES string of the molecule is O=C(COc1ccnc2c1CCCC2)NCc1ccc(OC(F)(F)F)cc1. The lowest BCUT2D eigenvalue weighted by atomic mass is 9.95. The van der Waals surface area contributed by atoms with E-state index in [4.69, 9.17) is 4.74 Å². The number of aromatic nitrogens is 1. The average molecular weight is 380 g/mol. The first kappa shape index (κ1) is 19.0. The van der Waals surface area contributed by atoms with Crippen LogP contribution in [0.4, 0.5) is 13.2 Å². The average Bonchev–Trinajstić information content (AvgIpc) is 2.64. The zero-order chi connectivity index (χ0) is 19.3. The smallest absolute Gasteiger partial charge is 0.483 e. The molecule has 0 aliphatic heterocycles. The molecule has 0 saturated heterocycles. The first-order valence-electron chi connectivity index (χ1n) is 8.62. The number of carbonyl (C=O) groups is 1. The van der Waals surface area contributed by atoms with Crippen LogP contribution in [0.1, 0.15) is 29.7 Å². The van der Waals surface area contributed by atoms with Gasteiger partial charge in [-0.05, 0) is 49.4 Å². The van der Waals surface area contributed by atoms with Crippen LogP contribution in [0, 0.1) is 0 Å². The second kappa shape index (κ2) is 8.28. The van der Waals surface area contributed by atoms with Crippen molar-refractivity contribution < 1.29 is 27.4 Å². The van der Waals surface area contributed by atoms with Crippen molar-refractivity contribution in [2.45, 2.75) is 38.6 Å². The summed E-state index contributed by atoms with van der Waals surface area (Å²) in [4.78, 5) is 16.3. The van der Waals surface area contributed by atoms with Crippen molar-refractivity contribution in [2.24, 2.45) is 0 Å². The summed E-state index contributed by atoms with van der Waals surface area (Å²) in [6.45, 7) is 0.0503. The Bertz CT molecular complexity index is 792. The van der Waals surface area contributed by atoms with Gasteiger partial charge >= 0.3 is 6.36 Å². The molecule has 0 fully saturated rings. The van der Waals surface area contributed by atoms with E-state index in [1.54, 1.807) is 12.3 Å². The molecular formula is C19H19F3N2O3. The lowest BCUT2D eigenvalue weighted by Crippen LogP contribution is -2.28. The fraction of sp³-hybridized carbons (Fsp3) is 0.368. The van der Waals surface area contributed by atoms with Gasteiger partial charge in [0.2, 0.25) is 0 Å². The molecule has 1 aromatic carbocycles. The maximum absolute atomic E-state index is 12.1. The van der Waals surface area contributed by atoms with E-state index in [9.17, 15) is 18.0 Å². The summed E-state index contributed by atoms with van der Waals surface area (Å²) in [5.74, 6) is 0.0684. The van der Waals surface area contributed by atoms with E-state index in [0.29, 0.717) is 11.3 Å². The van der Waals surface area contributed by atoms with Crippen LogP contribution in [0.3, 0.4) is 0 Å². The number of alkyl halides is 3. The molecule has 8 heteroatoms. The molecule has 1 aromatic heterocycles. The molecule has 0 atom stereocenters. The number of benzene rings is 1. The molecular weight excluding hydrogens is 361 g/mol. The highest BCUT2D eigenvalue weighted by Crippen LogP contribution is 2.27. The molecule has 0 saturated carbocycles. The maximum Gasteiger partial charge on any atom is 0.573 e. The van der Waals surface area contributed by atoms with E-state index >= 15 is 0 Å². The summed E-state index contributed by atoms with van der Waals surface area (Å²) < 4.78 is 45.8. The molecule has 1 heterocycles. The second-order valence-corrected chi connectivity index (χ2v) is 6.20. The van der Waals surface area contributed by atoms with Gasteiger partial charge in [0.1, 0.15) is 11.5 Å². The standard InChI is InChI=1S/C19H19F3N2O3/c20-19(21,22)27-14-7-5-13(6-8-14)11-24-18(25)12-26-17-9-10-23-16-4-2-1-3-15(16)17/h5-10H,1-4,11-12H2,(H,24,25). The Kier molecular flexibility index (Phi) is 5.83. The highest BCUT2D eigenvalue weighted by molar-refractivity contribution is 5.77. The van der Waals surface area contributed by atoms with E-state index in [1.165, 1.54) is 24.3 Å². The van der Waals surface area contributed by atoms with Crippen molar-refractivity contribution in [3.8, 4) is 11.5 Å². The number of aryl methyl sites for hydroxylation is 1. The van der Waals surface area contributed by atoms with Gasteiger partial charge < -0.3 is 14.8 Å². The Labute approximate surface area is 154 Å². The fourth-order valence-electron chi connectivity index (χ4n) is 2.93. The van der Waals surface area contributed by atoms with E-state index in [2.05, 4.69) is 15.0 Å². The van der Waals surface area contributed by atoms with Crippen LogP contribution in [-0.2, 0) is 24.2 Å². The highest BCUT2D eigenvalue weighted by atomic mass is 19.4. The van der Waals surface area contributed by atoms with Gasteiger partial charge in [-0.2, -0.15) is 0 Å². The quantitative estimate of drug-likeness (QED) is 0.833. The van der Waals surface area contributed by atoms with E-state index in [-0.39, 0.29) is 24.8 Å². The maximum atomic E-state index is 12.1. The number of pyridine rings is 1. The molecule has 3 rings (SSSR count). The number of rotatable bonds is 6. The summed E-state index contributed by atoms with van der Waals surface area (Å²) in [5.41, 5.74) is 2.75. The number of fused-ring (bicyclic) bond motifs is 1. The summed E-state index contributed by atoms with van der Waals surface area (Å²) in [6, 6.07) is 7.09. The van der Waals surface area contributed by atoms with Gasteiger partial charge in [-0.3, -0.25) is 9.78 Å². The number of hydrogen-bond acceptors (Lipinski definition) is 4. The third-order valence-electron chi connectivity index (χ3n) is 4.20. The van der Waals surface area contributed by atoms with E-state index < -0.39 is 6.36 Å². The second-order valence-electron chi connectivity index (χ2n) is 6.20. The number of halogens is 3. The molecule has 0 unspecified atom stereocenters. The molecule has 27 heavy (non-hydrogen) atoms. The predicted molar refractivity (Wildman–Crippen MR) is 91.3 cm³/mol. The minimum absolute atomic E-state index is 0.133. The highest BCUT2D eigenvalue weighted by Gasteiger charge is 2.30. The molecule has 0 radical (unpaired) electrons. The Hall–Kier alpha value is -2.77. The van der Waals surface area contributed by atoms with Gasteiger partial charge in [0.25, 0.3) is 5.91 Å². The number of nitrogens with one attached hydrogen (secondary N) is 1. The van der Waals surface area contributed by atoms with Crippen LogP contribution in [0.5, 0.6) is 11.5 Å². The zero-order valence-corrected chi connectivity index (χ0v) is 14.5. The number of ether oxygens (including phenoxy) is 2. The first-order valence-corrected chi connectivity index (χ1v) is 8.62. The molecule has 0 spiro atoms. The predicted octanol–water partition coefficient (Wildman–Crippen LogP) is 3.55. The lowest BCUT2D eigenvalue weighted by Gasteiger charge is -2.18. The normalized spacial score (nSPS) is 13.6. The number of nitrogens with zero attached hydrogens (tertiary/aromatic N) is 1. The Morgan fingerprint density at radius 1 is 1.11 bits per heavy atom. The van der Waals surface area contributed by atoms with Gasteiger partial charge in [-0.15, -0.1) is 13.2 Å². The van der Waals surface area contributed by atoms with Crippen molar-refractivity contribution in [3.63, 3.8) is 0 Å². The van der Waals surface area contributed by atoms with E-state index in [1.807, 2.05) is 0 Å². The summed E-state index contributed by atoms with van der Waals surface area (Å²) in [6.07, 6.45) is 0.965. The van der Waals surface area contributed by atoms with Crippen LogP contribution in [-0.4, -0.2) is 23.9 Å². The summed E-state index contributed by atoms with van der Waals surface area (Å²) in [5, 5.41) is 2.67. The third kappa shape index (κ3) is 5.60. The number of carbonyl (C=O) groups excluding carboxylic acids is 1.